The standard InChI is InChI=1S/C18H23N3O.2ClH/c1-11-8-12(2)17-14(9-11)15(18(22)20-7-3-6-19)10-16(21-17)13-4-5-13;;/h8-10,13H,3-7,19H2,1-2H3,(H,20,22);2*1H. The average molecular weight is 370 g/mol. The Kier molecular flexibility index (Phi) is 7.46. The fourth-order valence-corrected chi connectivity index (χ4v) is 2.88. The summed E-state index contributed by atoms with van der Waals surface area (Å²) in [6.07, 6.45) is 3.15. The average Bonchev–Trinajstić information content (AvgIpc) is 3.31. The first kappa shape index (κ1) is 20.7. The van der Waals surface area contributed by atoms with Crippen LogP contribution in [0.1, 0.15) is 52.4 Å². The number of nitrogens with zero attached hydrogens (tertiary/aromatic N) is 1. The molecule has 0 atom stereocenters. The van der Waals surface area contributed by atoms with Crippen molar-refractivity contribution in [2.45, 2.75) is 39.0 Å². The van der Waals surface area contributed by atoms with E-state index in [1.807, 2.05) is 6.07 Å². The van der Waals surface area contributed by atoms with E-state index in [0.717, 1.165) is 39.7 Å². The molecule has 3 rings (SSSR count). The van der Waals surface area contributed by atoms with E-state index in [1.54, 1.807) is 0 Å². The van der Waals surface area contributed by atoms with E-state index >= 15 is 0 Å². The van der Waals surface area contributed by atoms with E-state index in [4.69, 9.17) is 10.7 Å². The van der Waals surface area contributed by atoms with Gasteiger partial charge in [-0.3, -0.25) is 9.78 Å². The summed E-state index contributed by atoms with van der Waals surface area (Å²) in [7, 11) is 0. The zero-order chi connectivity index (χ0) is 15.7. The van der Waals surface area contributed by atoms with Crippen LogP contribution < -0.4 is 11.1 Å². The van der Waals surface area contributed by atoms with Crippen LogP contribution in [0.2, 0.25) is 0 Å². The molecule has 0 saturated heterocycles. The maximum absolute atomic E-state index is 12.6. The van der Waals surface area contributed by atoms with Crippen molar-refractivity contribution in [2.75, 3.05) is 13.1 Å². The van der Waals surface area contributed by atoms with Crippen molar-refractivity contribution in [1.29, 1.82) is 0 Å². The summed E-state index contributed by atoms with van der Waals surface area (Å²) in [5.74, 6) is 0.508. The summed E-state index contributed by atoms with van der Waals surface area (Å²) in [5, 5.41) is 3.92. The summed E-state index contributed by atoms with van der Waals surface area (Å²) >= 11 is 0. The third-order valence-corrected chi connectivity index (χ3v) is 4.17. The second kappa shape index (κ2) is 8.65. The highest BCUT2D eigenvalue weighted by Crippen LogP contribution is 2.40. The molecule has 2 aromatic rings. The van der Waals surface area contributed by atoms with Gasteiger partial charge in [0, 0.05) is 23.5 Å². The zero-order valence-corrected chi connectivity index (χ0v) is 15.7. The number of halogens is 2. The van der Waals surface area contributed by atoms with Crippen LogP contribution in [0.4, 0.5) is 0 Å². The molecular formula is C18H25Cl2N3O. The largest absolute Gasteiger partial charge is 0.352 e. The molecule has 1 amide bonds. The smallest absolute Gasteiger partial charge is 0.252 e. The number of nitrogens with one attached hydrogen (secondary N) is 1. The topological polar surface area (TPSA) is 68.0 Å². The maximum atomic E-state index is 12.6. The van der Waals surface area contributed by atoms with E-state index in [1.165, 1.54) is 12.8 Å². The molecule has 1 aliphatic rings. The van der Waals surface area contributed by atoms with Gasteiger partial charge in [0.15, 0.2) is 0 Å². The van der Waals surface area contributed by atoms with Gasteiger partial charge in [0.2, 0.25) is 0 Å². The number of carbonyl (C=O) groups excluding carboxylic acids is 1. The minimum Gasteiger partial charge on any atom is -0.352 e. The Morgan fingerprint density at radius 2 is 1.96 bits per heavy atom. The van der Waals surface area contributed by atoms with Gasteiger partial charge < -0.3 is 11.1 Å². The molecule has 1 heterocycles. The van der Waals surface area contributed by atoms with Gasteiger partial charge in [-0.2, -0.15) is 0 Å². The van der Waals surface area contributed by atoms with Crippen LogP contribution in [-0.4, -0.2) is 24.0 Å². The molecule has 1 aliphatic carbocycles. The maximum Gasteiger partial charge on any atom is 0.252 e. The minimum absolute atomic E-state index is 0. The number of nitrogens with two attached hydrogens (primary N) is 1. The van der Waals surface area contributed by atoms with Gasteiger partial charge in [-0.05, 0) is 57.4 Å². The predicted octanol–water partition coefficient (Wildman–Crippen LogP) is 3.65. The Morgan fingerprint density at radius 3 is 2.58 bits per heavy atom. The van der Waals surface area contributed by atoms with Crippen molar-refractivity contribution < 1.29 is 4.79 Å². The van der Waals surface area contributed by atoms with Crippen LogP contribution in [-0.2, 0) is 0 Å². The monoisotopic (exact) mass is 369 g/mol. The molecule has 1 fully saturated rings. The van der Waals surface area contributed by atoms with E-state index in [-0.39, 0.29) is 30.7 Å². The highest BCUT2D eigenvalue weighted by atomic mass is 35.5. The lowest BCUT2D eigenvalue weighted by Crippen LogP contribution is -2.26. The van der Waals surface area contributed by atoms with Crippen LogP contribution in [0.25, 0.3) is 10.9 Å². The van der Waals surface area contributed by atoms with Crippen molar-refractivity contribution in [3.8, 4) is 0 Å². The van der Waals surface area contributed by atoms with Gasteiger partial charge in [-0.15, -0.1) is 24.8 Å². The molecule has 0 spiro atoms. The molecule has 4 nitrogen and oxygen atoms in total. The summed E-state index contributed by atoms with van der Waals surface area (Å²) in [4.78, 5) is 17.4. The summed E-state index contributed by atoms with van der Waals surface area (Å²) in [6.45, 7) is 5.32. The zero-order valence-electron chi connectivity index (χ0n) is 14.1. The molecule has 0 unspecified atom stereocenters. The molecule has 3 N–H and O–H groups in total. The second-order valence-electron chi connectivity index (χ2n) is 6.25. The molecule has 6 heteroatoms. The van der Waals surface area contributed by atoms with Crippen molar-refractivity contribution in [2.24, 2.45) is 5.73 Å². The number of carbonyl (C=O) groups is 1. The number of benzene rings is 1. The van der Waals surface area contributed by atoms with Crippen molar-refractivity contribution in [1.82, 2.24) is 10.3 Å². The Hall–Kier alpha value is -1.36. The van der Waals surface area contributed by atoms with Crippen molar-refractivity contribution >= 4 is 41.6 Å². The Labute approximate surface area is 155 Å². The van der Waals surface area contributed by atoms with Crippen LogP contribution in [0, 0.1) is 13.8 Å². The van der Waals surface area contributed by atoms with Crippen LogP contribution >= 0.6 is 24.8 Å². The van der Waals surface area contributed by atoms with Crippen molar-refractivity contribution in [3.63, 3.8) is 0 Å². The van der Waals surface area contributed by atoms with E-state index in [2.05, 4.69) is 31.3 Å². The van der Waals surface area contributed by atoms with Crippen molar-refractivity contribution in [3.05, 3.63) is 40.6 Å². The van der Waals surface area contributed by atoms with Gasteiger partial charge >= 0.3 is 0 Å². The van der Waals surface area contributed by atoms with Gasteiger partial charge in [-0.25, -0.2) is 0 Å². The van der Waals surface area contributed by atoms with Gasteiger partial charge in [0.05, 0.1) is 11.1 Å². The predicted molar refractivity (Wildman–Crippen MR) is 104 cm³/mol. The fraction of sp³-hybridized carbons (Fsp3) is 0.444. The van der Waals surface area contributed by atoms with Crippen LogP contribution in [0.5, 0.6) is 0 Å². The fourth-order valence-electron chi connectivity index (χ4n) is 2.88. The quantitative estimate of drug-likeness (QED) is 0.790. The highest BCUT2D eigenvalue weighted by molar-refractivity contribution is 6.07. The number of aryl methyl sites for hydroxylation is 2. The molecule has 1 aromatic heterocycles. The van der Waals surface area contributed by atoms with E-state index in [9.17, 15) is 4.79 Å². The molecule has 0 radical (unpaired) electrons. The van der Waals surface area contributed by atoms with Gasteiger partial charge in [0.1, 0.15) is 0 Å². The molecule has 1 aromatic carbocycles. The number of aromatic nitrogens is 1. The lowest BCUT2D eigenvalue weighted by Gasteiger charge is -2.12. The first-order valence-electron chi connectivity index (χ1n) is 8.00. The van der Waals surface area contributed by atoms with Gasteiger partial charge in [0.25, 0.3) is 5.91 Å². The normalized spacial score (nSPS) is 13.1. The van der Waals surface area contributed by atoms with E-state index in [0.29, 0.717) is 19.0 Å². The summed E-state index contributed by atoms with van der Waals surface area (Å²) in [6, 6.07) is 6.17. The second-order valence-corrected chi connectivity index (χ2v) is 6.25. The number of hydrogen-bond acceptors (Lipinski definition) is 3. The first-order valence-corrected chi connectivity index (χ1v) is 8.00. The highest BCUT2D eigenvalue weighted by Gasteiger charge is 2.27. The van der Waals surface area contributed by atoms with Crippen LogP contribution in [0.15, 0.2) is 18.2 Å². The SMILES string of the molecule is Cc1cc(C)c2nc(C3CC3)cc(C(=O)NCCCN)c2c1.Cl.Cl. The number of fused-ring (bicyclic) bond motifs is 1. The number of rotatable bonds is 5. The molecule has 0 aliphatic heterocycles. The summed E-state index contributed by atoms with van der Waals surface area (Å²) in [5.41, 5.74) is 10.5. The van der Waals surface area contributed by atoms with Gasteiger partial charge in [-0.1, -0.05) is 11.6 Å². The minimum atomic E-state index is -0.0206. The Balaban J connectivity index is 0.00000144. The third-order valence-electron chi connectivity index (χ3n) is 4.17. The Bertz CT molecular complexity index is 730. The Morgan fingerprint density at radius 1 is 1.25 bits per heavy atom. The lowest BCUT2D eigenvalue weighted by molar-refractivity contribution is 0.0955. The third kappa shape index (κ3) is 4.38. The lowest BCUT2D eigenvalue weighted by atomic mass is 10.00. The first-order chi connectivity index (χ1) is 10.6. The number of hydrogen-bond donors (Lipinski definition) is 2. The summed E-state index contributed by atoms with van der Waals surface area (Å²) < 4.78 is 0. The molecular weight excluding hydrogens is 345 g/mol. The number of pyridine rings is 1. The van der Waals surface area contributed by atoms with Crippen LogP contribution in [0.3, 0.4) is 0 Å². The number of amides is 1. The molecule has 0 bridgehead atoms. The molecule has 24 heavy (non-hydrogen) atoms. The van der Waals surface area contributed by atoms with E-state index < -0.39 is 0 Å². The molecule has 132 valence electrons. The molecule has 1 saturated carbocycles.